The summed E-state index contributed by atoms with van der Waals surface area (Å²) in [6, 6.07) is 0.402. The molecule has 6 rings (SSSR count). The third kappa shape index (κ3) is 1.62. The monoisotopic (exact) mass is 383 g/mol. The van der Waals surface area contributed by atoms with Gasteiger partial charge >= 0.3 is 5.97 Å². The molecule has 2 bridgehead atoms. The van der Waals surface area contributed by atoms with Gasteiger partial charge in [0, 0.05) is 42.5 Å². The number of methoxy groups -OCH3 is 1. The van der Waals surface area contributed by atoms with Crippen molar-refractivity contribution >= 4 is 11.8 Å². The molecule has 1 N–H and O–H groups in total. The van der Waals surface area contributed by atoms with Crippen LogP contribution in [0.3, 0.4) is 0 Å². The highest BCUT2D eigenvalue weighted by Crippen LogP contribution is 2.73. The van der Waals surface area contributed by atoms with Crippen LogP contribution < -0.4 is 0 Å². The Hall–Kier alpha value is -1.46. The summed E-state index contributed by atoms with van der Waals surface area (Å²) in [7, 11) is 1.42. The van der Waals surface area contributed by atoms with Gasteiger partial charge in [-0.3, -0.25) is 9.69 Å². The van der Waals surface area contributed by atoms with Crippen LogP contribution in [0.1, 0.15) is 46.0 Å². The molecule has 0 aromatic rings. The third-order valence-corrected chi connectivity index (χ3v) is 9.65. The first kappa shape index (κ1) is 17.4. The van der Waals surface area contributed by atoms with Crippen LogP contribution in [0.4, 0.5) is 0 Å². The Morgan fingerprint density at radius 2 is 2.11 bits per heavy atom. The fourth-order valence-corrected chi connectivity index (χ4v) is 8.44. The number of hydrogen-bond donors (Lipinski definition) is 1. The number of allylic oxidation sites excluding steroid dienone is 1. The van der Waals surface area contributed by atoms with Crippen molar-refractivity contribution in [1.29, 1.82) is 0 Å². The number of ketones is 1. The van der Waals surface area contributed by atoms with Crippen molar-refractivity contribution in [2.24, 2.45) is 28.6 Å². The maximum absolute atomic E-state index is 14.3. The minimum Gasteiger partial charge on any atom is -0.466 e. The van der Waals surface area contributed by atoms with Crippen LogP contribution in [0, 0.1) is 28.6 Å². The van der Waals surface area contributed by atoms with E-state index in [0.717, 1.165) is 49.1 Å². The van der Waals surface area contributed by atoms with Gasteiger partial charge in [-0.1, -0.05) is 13.8 Å². The van der Waals surface area contributed by atoms with Gasteiger partial charge in [-0.25, -0.2) is 4.79 Å². The average molecular weight is 383 g/mol. The van der Waals surface area contributed by atoms with Crippen LogP contribution in [0.25, 0.3) is 0 Å². The second-order valence-corrected chi connectivity index (χ2v) is 10.3. The number of ether oxygens (including phenoxy) is 1. The van der Waals surface area contributed by atoms with Gasteiger partial charge in [0.15, 0.2) is 0 Å². The number of aliphatic hydroxyl groups is 1. The van der Waals surface area contributed by atoms with Crippen molar-refractivity contribution < 1.29 is 19.4 Å². The normalized spacial score (nSPS) is 48.9. The van der Waals surface area contributed by atoms with Crippen molar-refractivity contribution in [3.05, 3.63) is 22.3 Å². The third-order valence-electron chi connectivity index (χ3n) is 9.65. The Kier molecular flexibility index (Phi) is 3.21. The summed E-state index contributed by atoms with van der Waals surface area (Å²) in [6.07, 6.45) is 3.26. The first-order chi connectivity index (χ1) is 13.3. The van der Waals surface area contributed by atoms with Crippen molar-refractivity contribution in [3.63, 3.8) is 0 Å². The zero-order valence-electron chi connectivity index (χ0n) is 17.0. The summed E-state index contributed by atoms with van der Waals surface area (Å²) in [4.78, 5) is 29.6. The Labute approximate surface area is 165 Å². The van der Waals surface area contributed by atoms with Crippen LogP contribution in [0.15, 0.2) is 22.3 Å². The Morgan fingerprint density at radius 1 is 1.32 bits per heavy atom. The zero-order valence-corrected chi connectivity index (χ0v) is 17.0. The smallest absolute Gasteiger partial charge is 0.334 e. The number of hydrogen-bond acceptors (Lipinski definition) is 5. The topological polar surface area (TPSA) is 66.8 Å². The molecule has 0 aromatic carbocycles. The molecule has 0 unspecified atom stereocenters. The summed E-state index contributed by atoms with van der Waals surface area (Å²) in [6.45, 7) is 6.62. The van der Waals surface area contributed by atoms with Crippen molar-refractivity contribution in [1.82, 2.24) is 4.90 Å². The van der Waals surface area contributed by atoms with Crippen LogP contribution >= 0.6 is 0 Å². The molecule has 0 aromatic heterocycles. The molecular weight excluding hydrogens is 354 g/mol. The number of Topliss-reactive ketones (excluding diaryl/α,β-unsaturated/α-hetero) is 1. The molecule has 1 spiro atoms. The first-order valence-electron chi connectivity index (χ1n) is 10.8. The largest absolute Gasteiger partial charge is 0.466 e. The number of carbonyl (C=O) groups excluding carboxylic acids is 2. The van der Waals surface area contributed by atoms with Gasteiger partial charge in [-0.15, -0.1) is 0 Å². The van der Waals surface area contributed by atoms with Crippen LogP contribution in [0.2, 0.25) is 0 Å². The van der Waals surface area contributed by atoms with E-state index in [1.165, 1.54) is 7.11 Å². The number of fused-ring (bicyclic) bond motifs is 1. The van der Waals surface area contributed by atoms with E-state index in [1.807, 2.05) is 0 Å². The highest BCUT2D eigenvalue weighted by molar-refractivity contribution is 6.02. The molecule has 6 aliphatic rings. The van der Waals surface area contributed by atoms with Crippen LogP contribution in [-0.2, 0) is 14.3 Å². The second kappa shape index (κ2) is 5.17. The number of piperidine rings is 1. The van der Waals surface area contributed by atoms with E-state index in [-0.39, 0.29) is 17.3 Å². The average Bonchev–Trinajstić information content (AvgIpc) is 3.24. The van der Waals surface area contributed by atoms with E-state index in [9.17, 15) is 14.7 Å². The van der Waals surface area contributed by atoms with E-state index in [0.29, 0.717) is 42.1 Å². The van der Waals surface area contributed by atoms with E-state index in [1.54, 1.807) is 0 Å². The SMILES string of the molecule is COC(=O)C1=C2C[C@H](O)C3=C2[C@@]2(C1)C(=O)[C@@H]1C[C@@H]4N(C[C@@H](CC3)[C@]42C)C[C@H]1C. The number of carbonyl (C=O) groups is 2. The maximum Gasteiger partial charge on any atom is 0.334 e. The lowest BCUT2D eigenvalue weighted by molar-refractivity contribution is -0.156. The molecule has 2 heterocycles. The Bertz CT molecular complexity index is 887. The molecule has 3 fully saturated rings. The molecule has 150 valence electrons. The Balaban J connectivity index is 1.65. The fraction of sp³-hybridized carbons (Fsp3) is 0.739. The zero-order chi connectivity index (χ0) is 19.6. The van der Waals surface area contributed by atoms with Gasteiger partial charge in [0.05, 0.1) is 18.6 Å². The van der Waals surface area contributed by atoms with Crippen LogP contribution in [-0.4, -0.2) is 54.1 Å². The second-order valence-electron chi connectivity index (χ2n) is 10.3. The summed E-state index contributed by atoms with van der Waals surface area (Å²) in [5.74, 6) is 0.888. The summed E-state index contributed by atoms with van der Waals surface area (Å²) in [5, 5.41) is 10.9. The lowest BCUT2D eigenvalue weighted by atomic mass is 9.45. The van der Waals surface area contributed by atoms with E-state index < -0.39 is 11.5 Å². The molecule has 1 saturated carbocycles. The van der Waals surface area contributed by atoms with Gasteiger partial charge in [0.1, 0.15) is 5.78 Å². The van der Waals surface area contributed by atoms with E-state index in [2.05, 4.69) is 18.7 Å². The van der Waals surface area contributed by atoms with Crippen LogP contribution in [0.5, 0.6) is 0 Å². The maximum atomic E-state index is 14.3. The summed E-state index contributed by atoms with van der Waals surface area (Å²) in [5.41, 5.74) is 2.92. The standard InChI is InChI=1S/C23H29NO4/c1-11-9-24-10-12-4-5-13-17(25)6-15-16(21(27)28-3)8-23(19(13)15)20(26)14(11)7-18(24)22(12,23)2/h11-12,14,17-18,25H,4-10H2,1-3H3/t11-,12-,14-,17+,18+,22-,23+/m1/s1. The molecule has 2 saturated heterocycles. The first-order valence-corrected chi connectivity index (χ1v) is 10.8. The molecule has 28 heavy (non-hydrogen) atoms. The van der Waals surface area contributed by atoms with Gasteiger partial charge in [-0.05, 0) is 54.2 Å². The minimum atomic E-state index is -0.642. The van der Waals surface area contributed by atoms with Crippen molar-refractivity contribution in [3.8, 4) is 0 Å². The van der Waals surface area contributed by atoms with E-state index >= 15 is 0 Å². The number of aliphatic hydroxyl groups excluding tert-OH is 1. The molecule has 0 radical (unpaired) electrons. The fourth-order valence-electron chi connectivity index (χ4n) is 8.44. The Morgan fingerprint density at radius 3 is 2.86 bits per heavy atom. The lowest BCUT2D eigenvalue weighted by Gasteiger charge is -2.59. The summed E-state index contributed by atoms with van der Waals surface area (Å²) < 4.78 is 5.13. The number of rotatable bonds is 1. The van der Waals surface area contributed by atoms with Gasteiger partial charge < -0.3 is 9.84 Å². The molecular formula is C23H29NO4. The highest BCUT2D eigenvalue weighted by Gasteiger charge is 2.75. The van der Waals surface area contributed by atoms with Gasteiger partial charge in [0.2, 0.25) is 0 Å². The highest BCUT2D eigenvalue weighted by atomic mass is 16.5. The molecule has 0 amide bonds. The number of nitrogens with zero attached hydrogens (tertiary/aromatic N) is 1. The predicted molar refractivity (Wildman–Crippen MR) is 102 cm³/mol. The molecule has 7 atom stereocenters. The van der Waals surface area contributed by atoms with Gasteiger partial charge in [0.25, 0.3) is 0 Å². The van der Waals surface area contributed by atoms with E-state index in [4.69, 9.17) is 4.74 Å². The van der Waals surface area contributed by atoms with Crippen molar-refractivity contribution in [2.45, 2.75) is 58.1 Å². The summed E-state index contributed by atoms with van der Waals surface area (Å²) >= 11 is 0. The molecule has 2 aliphatic heterocycles. The molecule has 4 aliphatic carbocycles. The van der Waals surface area contributed by atoms with Crippen molar-refractivity contribution in [2.75, 3.05) is 20.2 Å². The quantitative estimate of drug-likeness (QED) is 0.704. The lowest BCUT2D eigenvalue weighted by Crippen LogP contribution is -2.65. The minimum absolute atomic E-state index is 0.0657. The molecule has 5 heteroatoms. The predicted octanol–water partition coefficient (Wildman–Crippen LogP) is 2.25. The number of esters is 1. The van der Waals surface area contributed by atoms with Gasteiger partial charge in [-0.2, -0.15) is 0 Å². The molecule has 5 nitrogen and oxygen atoms in total.